The predicted octanol–water partition coefficient (Wildman–Crippen LogP) is 3.80. The highest BCUT2D eigenvalue weighted by Crippen LogP contribution is 2.25. The normalized spacial score (nSPS) is 12.1. The van der Waals surface area contributed by atoms with E-state index in [0.29, 0.717) is 35.5 Å². The summed E-state index contributed by atoms with van der Waals surface area (Å²) in [5, 5.41) is 22.5. The van der Waals surface area contributed by atoms with Crippen molar-refractivity contribution in [2.24, 2.45) is 0 Å². The van der Waals surface area contributed by atoms with Crippen LogP contribution in [0.4, 0.5) is 5.69 Å². The quantitative estimate of drug-likeness (QED) is 0.274. The summed E-state index contributed by atoms with van der Waals surface area (Å²) >= 11 is 0. The van der Waals surface area contributed by atoms with Gasteiger partial charge >= 0.3 is 0 Å². The van der Waals surface area contributed by atoms with Crippen molar-refractivity contribution in [3.05, 3.63) is 78.1 Å². The Hall–Kier alpha value is -4.04. The molecule has 4 aromatic rings. The number of aliphatic hydroxyl groups excluding tert-OH is 1. The number of nitrogens with one attached hydrogen (secondary N) is 1. The molecule has 8 heteroatoms. The molecule has 1 amide bonds. The molecule has 2 heterocycles. The van der Waals surface area contributed by atoms with Crippen LogP contribution in [0.5, 0.6) is 11.5 Å². The molecule has 0 fully saturated rings. The van der Waals surface area contributed by atoms with E-state index < -0.39 is 0 Å². The second kappa shape index (κ2) is 10.5. The van der Waals surface area contributed by atoms with Gasteiger partial charge in [0.15, 0.2) is 11.4 Å². The fourth-order valence-electron chi connectivity index (χ4n) is 3.93. The van der Waals surface area contributed by atoms with Gasteiger partial charge in [-0.3, -0.25) is 4.79 Å². The number of nitrogens with zero attached hydrogens (tertiary/aromatic N) is 2. The number of carbonyl (C=O) groups excluding carboxylic acids is 1. The SMILES string of the molecule is CC(C)Oc1ccc(C(=O)N[C@H](CCO)Cc2ccc(-c3cn4cccc(O)c4n3)cc2)cc1N. The van der Waals surface area contributed by atoms with Crippen LogP contribution in [-0.4, -0.2) is 44.3 Å². The van der Waals surface area contributed by atoms with Gasteiger partial charge < -0.3 is 30.4 Å². The Balaban J connectivity index is 1.44. The third-order valence-corrected chi connectivity index (χ3v) is 5.64. The van der Waals surface area contributed by atoms with Crippen molar-refractivity contribution < 1.29 is 19.7 Å². The summed E-state index contributed by atoms with van der Waals surface area (Å²) in [7, 11) is 0. The lowest BCUT2D eigenvalue weighted by atomic mass is 10.0. The Kier molecular flexibility index (Phi) is 7.22. The lowest BCUT2D eigenvalue weighted by Crippen LogP contribution is -2.37. The number of ether oxygens (including phenoxy) is 1. The van der Waals surface area contributed by atoms with Crippen molar-refractivity contribution in [3.63, 3.8) is 0 Å². The average Bonchev–Trinajstić information content (AvgIpc) is 3.26. The molecule has 4 rings (SSSR count). The van der Waals surface area contributed by atoms with Crippen LogP contribution in [0.15, 0.2) is 67.0 Å². The van der Waals surface area contributed by atoms with Gasteiger partial charge in [0.2, 0.25) is 0 Å². The van der Waals surface area contributed by atoms with E-state index >= 15 is 0 Å². The van der Waals surface area contributed by atoms with Gasteiger partial charge in [0.1, 0.15) is 5.75 Å². The van der Waals surface area contributed by atoms with E-state index in [1.165, 1.54) is 0 Å². The standard InChI is InChI=1S/C27H30N4O4/c1-17(2)35-25-10-9-20(15-22(25)28)27(34)29-21(11-13-32)14-18-5-7-19(8-6-18)23-16-31-12-3-4-24(33)26(31)30-23/h3-10,12,15-17,21,32-33H,11,13-14,28H2,1-2H3,(H,29,34)/t21-/m1/s1. The van der Waals surface area contributed by atoms with E-state index in [4.69, 9.17) is 10.5 Å². The summed E-state index contributed by atoms with van der Waals surface area (Å²) in [4.78, 5) is 17.3. The number of nitrogens with two attached hydrogens (primary N) is 1. The topological polar surface area (TPSA) is 122 Å². The minimum absolute atomic E-state index is 0.0165. The van der Waals surface area contributed by atoms with E-state index in [-0.39, 0.29) is 30.4 Å². The van der Waals surface area contributed by atoms with Crippen LogP contribution < -0.4 is 15.8 Å². The molecule has 35 heavy (non-hydrogen) atoms. The molecule has 0 spiro atoms. The van der Waals surface area contributed by atoms with Crippen molar-refractivity contribution in [2.45, 2.75) is 38.8 Å². The van der Waals surface area contributed by atoms with Gasteiger partial charge in [-0.15, -0.1) is 0 Å². The zero-order chi connectivity index (χ0) is 24.9. The lowest BCUT2D eigenvalue weighted by Gasteiger charge is -2.19. The van der Waals surface area contributed by atoms with Crippen LogP contribution in [0.25, 0.3) is 16.9 Å². The molecule has 0 aliphatic carbocycles. The van der Waals surface area contributed by atoms with E-state index in [9.17, 15) is 15.0 Å². The minimum atomic E-state index is -0.257. The van der Waals surface area contributed by atoms with Crippen molar-refractivity contribution in [3.8, 4) is 22.8 Å². The molecule has 0 unspecified atom stereocenters. The molecule has 0 radical (unpaired) electrons. The summed E-state index contributed by atoms with van der Waals surface area (Å²) in [5.74, 6) is 0.415. The third kappa shape index (κ3) is 5.73. The molecule has 0 saturated heterocycles. The number of pyridine rings is 1. The molecule has 182 valence electrons. The van der Waals surface area contributed by atoms with Crippen LogP contribution in [0.1, 0.15) is 36.2 Å². The monoisotopic (exact) mass is 474 g/mol. The number of aliphatic hydroxyl groups is 1. The van der Waals surface area contributed by atoms with Crippen molar-refractivity contribution in [2.75, 3.05) is 12.3 Å². The highest BCUT2D eigenvalue weighted by atomic mass is 16.5. The number of aromatic hydroxyl groups is 1. The third-order valence-electron chi connectivity index (χ3n) is 5.64. The summed E-state index contributed by atoms with van der Waals surface area (Å²) in [6, 6.07) is 16.0. The number of amides is 1. The number of hydrogen-bond acceptors (Lipinski definition) is 6. The number of aromatic nitrogens is 2. The summed E-state index contributed by atoms with van der Waals surface area (Å²) < 4.78 is 7.41. The Morgan fingerprint density at radius 2 is 1.94 bits per heavy atom. The second-order valence-electron chi connectivity index (χ2n) is 8.75. The molecular weight excluding hydrogens is 444 g/mol. The molecule has 0 aliphatic rings. The maximum Gasteiger partial charge on any atom is 0.251 e. The fourth-order valence-corrected chi connectivity index (χ4v) is 3.93. The molecule has 2 aromatic heterocycles. The first-order chi connectivity index (χ1) is 16.8. The van der Waals surface area contributed by atoms with Gasteiger partial charge in [-0.25, -0.2) is 4.98 Å². The van der Waals surface area contributed by atoms with Crippen LogP contribution >= 0.6 is 0 Å². The maximum absolute atomic E-state index is 12.8. The van der Waals surface area contributed by atoms with Crippen molar-refractivity contribution in [1.82, 2.24) is 14.7 Å². The molecule has 0 bridgehead atoms. The minimum Gasteiger partial charge on any atom is -0.504 e. The molecule has 0 saturated carbocycles. The Morgan fingerprint density at radius 3 is 2.60 bits per heavy atom. The van der Waals surface area contributed by atoms with E-state index in [1.807, 2.05) is 50.5 Å². The van der Waals surface area contributed by atoms with E-state index in [1.54, 1.807) is 34.7 Å². The first-order valence-electron chi connectivity index (χ1n) is 11.6. The second-order valence-corrected chi connectivity index (χ2v) is 8.75. The molecule has 2 aromatic carbocycles. The zero-order valence-corrected chi connectivity index (χ0v) is 19.8. The van der Waals surface area contributed by atoms with Crippen LogP contribution in [0.3, 0.4) is 0 Å². The highest BCUT2D eigenvalue weighted by molar-refractivity contribution is 5.95. The van der Waals surface area contributed by atoms with Gasteiger partial charge in [-0.2, -0.15) is 0 Å². The smallest absolute Gasteiger partial charge is 0.251 e. The fraction of sp³-hybridized carbons (Fsp3) is 0.259. The van der Waals surface area contributed by atoms with Gasteiger partial charge in [-0.05, 0) is 62.6 Å². The first-order valence-corrected chi connectivity index (χ1v) is 11.6. The summed E-state index contributed by atoms with van der Waals surface area (Å²) in [6.07, 6.45) is 4.66. The molecule has 5 N–H and O–H groups in total. The van der Waals surface area contributed by atoms with Crippen LogP contribution in [0, 0.1) is 0 Å². The number of hydrogen-bond donors (Lipinski definition) is 4. The number of carbonyl (C=O) groups is 1. The van der Waals surface area contributed by atoms with E-state index in [2.05, 4.69) is 10.3 Å². The highest BCUT2D eigenvalue weighted by Gasteiger charge is 2.16. The number of anilines is 1. The largest absolute Gasteiger partial charge is 0.504 e. The van der Waals surface area contributed by atoms with Gasteiger partial charge in [0.25, 0.3) is 5.91 Å². The van der Waals surface area contributed by atoms with Crippen molar-refractivity contribution in [1.29, 1.82) is 0 Å². The van der Waals surface area contributed by atoms with Gasteiger partial charge in [0, 0.05) is 36.2 Å². The average molecular weight is 475 g/mol. The maximum atomic E-state index is 12.8. The molecular formula is C27H30N4O4. The first kappa shape index (κ1) is 24.1. The number of benzene rings is 2. The zero-order valence-electron chi connectivity index (χ0n) is 19.8. The van der Waals surface area contributed by atoms with Gasteiger partial charge in [-0.1, -0.05) is 24.3 Å². The van der Waals surface area contributed by atoms with Crippen LogP contribution in [-0.2, 0) is 6.42 Å². The van der Waals surface area contributed by atoms with Crippen LogP contribution in [0.2, 0.25) is 0 Å². The number of imidazole rings is 1. The molecule has 0 aliphatic heterocycles. The molecule has 1 atom stereocenters. The lowest BCUT2D eigenvalue weighted by molar-refractivity contribution is 0.0930. The Morgan fingerprint density at radius 1 is 1.17 bits per heavy atom. The Bertz CT molecular complexity index is 1310. The summed E-state index contributed by atoms with van der Waals surface area (Å²) in [5.41, 5.74) is 10.1. The number of nitrogen functional groups attached to an aromatic ring is 1. The molecule has 8 nitrogen and oxygen atoms in total. The van der Waals surface area contributed by atoms with Gasteiger partial charge in [0.05, 0.1) is 17.5 Å². The van der Waals surface area contributed by atoms with E-state index in [0.717, 1.165) is 16.8 Å². The number of fused-ring (bicyclic) bond motifs is 1. The number of rotatable bonds is 9. The van der Waals surface area contributed by atoms with Crippen molar-refractivity contribution >= 4 is 17.2 Å². The Labute approximate surface area is 204 Å². The summed E-state index contributed by atoms with van der Waals surface area (Å²) in [6.45, 7) is 3.78. The predicted molar refractivity (Wildman–Crippen MR) is 136 cm³/mol.